The Morgan fingerprint density at radius 3 is 2.50 bits per heavy atom. The zero-order valence-electron chi connectivity index (χ0n) is 15.7. The van der Waals surface area contributed by atoms with Gasteiger partial charge in [-0.3, -0.25) is 0 Å². The number of aryl methyl sites for hydroxylation is 1. The average Bonchev–Trinajstić information content (AvgIpc) is 2.60. The van der Waals surface area contributed by atoms with Gasteiger partial charge in [-0.1, -0.05) is 30.3 Å². The van der Waals surface area contributed by atoms with Gasteiger partial charge in [0.2, 0.25) is 0 Å². The lowest BCUT2D eigenvalue weighted by Crippen LogP contribution is -2.49. The quantitative estimate of drug-likeness (QED) is 0.826. The van der Waals surface area contributed by atoms with Crippen LogP contribution in [0.5, 0.6) is 0 Å². The first-order valence-electron chi connectivity index (χ1n) is 9.03. The van der Waals surface area contributed by atoms with Gasteiger partial charge in [-0.25, -0.2) is 4.79 Å². The number of hydrogen-bond donors (Lipinski definition) is 2. The highest BCUT2D eigenvalue weighted by molar-refractivity contribution is 5.68. The van der Waals surface area contributed by atoms with Crippen LogP contribution >= 0.6 is 0 Å². The van der Waals surface area contributed by atoms with Gasteiger partial charge in [0.1, 0.15) is 6.61 Å². The van der Waals surface area contributed by atoms with Crippen molar-refractivity contribution in [2.24, 2.45) is 0 Å². The molecule has 2 aromatic carbocycles. The summed E-state index contributed by atoms with van der Waals surface area (Å²) >= 11 is 0. The molecular formula is C21H27N3O2. The zero-order chi connectivity index (χ0) is 18.5. The van der Waals surface area contributed by atoms with Crippen LogP contribution in [-0.2, 0) is 11.3 Å². The Labute approximate surface area is 155 Å². The normalized spacial score (nSPS) is 18.6. The van der Waals surface area contributed by atoms with Gasteiger partial charge in [-0.05, 0) is 49.1 Å². The molecule has 1 aliphatic carbocycles. The number of nitrogens with one attached hydrogen (secondary N) is 2. The van der Waals surface area contributed by atoms with E-state index in [9.17, 15) is 4.79 Å². The maximum atomic E-state index is 11.9. The van der Waals surface area contributed by atoms with Crippen LogP contribution in [0.1, 0.15) is 24.0 Å². The van der Waals surface area contributed by atoms with Crippen LogP contribution in [0.25, 0.3) is 0 Å². The summed E-state index contributed by atoms with van der Waals surface area (Å²) in [6.07, 6.45) is 1.48. The van der Waals surface area contributed by atoms with Crippen LogP contribution in [0.2, 0.25) is 0 Å². The molecule has 0 aromatic heterocycles. The summed E-state index contributed by atoms with van der Waals surface area (Å²) in [6.45, 7) is 2.42. The first-order valence-corrected chi connectivity index (χ1v) is 9.03. The maximum absolute atomic E-state index is 11.9. The van der Waals surface area contributed by atoms with Crippen molar-refractivity contribution in [1.29, 1.82) is 0 Å². The number of carbonyl (C=O) groups is 1. The van der Waals surface area contributed by atoms with Crippen molar-refractivity contribution in [3.05, 3.63) is 59.7 Å². The van der Waals surface area contributed by atoms with Crippen LogP contribution < -0.4 is 15.5 Å². The smallest absolute Gasteiger partial charge is 0.407 e. The van der Waals surface area contributed by atoms with Crippen molar-refractivity contribution >= 4 is 17.5 Å². The molecule has 0 atom stereocenters. The third kappa shape index (κ3) is 4.69. The van der Waals surface area contributed by atoms with Gasteiger partial charge in [0.05, 0.1) is 0 Å². The molecule has 0 aliphatic heterocycles. The molecule has 0 spiro atoms. The summed E-state index contributed by atoms with van der Waals surface area (Å²) in [5, 5.41) is 6.50. The van der Waals surface area contributed by atoms with Crippen molar-refractivity contribution in [1.82, 2.24) is 5.32 Å². The van der Waals surface area contributed by atoms with E-state index in [0.29, 0.717) is 12.6 Å². The largest absolute Gasteiger partial charge is 0.445 e. The van der Waals surface area contributed by atoms with Gasteiger partial charge in [-0.15, -0.1) is 0 Å². The number of hydrogen-bond acceptors (Lipinski definition) is 4. The second-order valence-corrected chi connectivity index (χ2v) is 7.11. The van der Waals surface area contributed by atoms with E-state index in [2.05, 4.69) is 40.7 Å². The standard InChI is InChI=1S/C21H27N3O2/c1-15-11-19(24(2)3)9-10-20(15)22-17-12-18(13-17)23-21(25)26-14-16-7-5-4-6-8-16/h4-11,17-18,22H,12-14H2,1-3H3,(H,23,25). The third-order valence-electron chi connectivity index (χ3n) is 4.76. The summed E-state index contributed by atoms with van der Waals surface area (Å²) in [4.78, 5) is 14.0. The van der Waals surface area contributed by atoms with E-state index < -0.39 is 0 Å². The number of anilines is 2. The first-order chi connectivity index (χ1) is 12.5. The molecule has 5 nitrogen and oxygen atoms in total. The minimum Gasteiger partial charge on any atom is -0.445 e. The van der Waals surface area contributed by atoms with Crippen LogP contribution in [0.3, 0.4) is 0 Å². The van der Waals surface area contributed by atoms with Crippen LogP contribution in [0.4, 0.5) is 16.2 Å². The molecule has 26 heavy (non-hydrogen) atoms. The van der Waals surface area contributed by atoms with E-state index in [1.54, 1.807) is 0 Å². The van der Waals surface area contributed by atoms with Crippen LogP contribution in [-0.4, -0.2) is 32.3 Å². The zero-order valence-corrected chi connectivity index (χ0v) is 15.7. The highest BCUT2D eigenvalue weighted by Crippen LogP contribution is 2.28. The lowest BCUT2D eigenvalue weighted by atomic mass is 9.86. The SMILES string of the molecule is Cc1cc(N(C)C)ccc1NC1CC(NC(=O)OCc2ccccc2)C1. The van der Waals surface area contributed by atoms with Crippen molar-refractivity contribution < 1.29 is 9.53 Å². The average molecular weight is 353 g/mol. The maximum Gasteiger partial charge on any atom is 0.407 e. The van der Waals surface area contributed by atoms with Gasteiger partial charge in [0.15, 0.2) is 0 Å². The second-order valence-electron chi connectivity index (χ2n) is 7.11. The topological polar surface area (TPSA) is 53.6 Å². The number of carbonyl (C=O) groups excluding carboxylic acids is 1. The summed E-state index contributed by atoms with van der Waals surface area (Å²) in [6, 6.07) is 16.7. The molecule has 1 saturated carbocycles. The predicted molar refractivity (Wildman–Crippen MR) is 106 cm³/mol. The molecule has 1 amide bonds. The van der Waals surface area contributed by atoms with Crippen LogP contribution in [0.15, 0.2) is 48.5 Å². The Morgan fingerprint density at radius 2 is 1.85 bits per heavy atom. The number of amides is 1. The van der Waals surface area contributed by atoms with Crippen molar-refractivity contribution in [3.63, 3.8) is 0 Å². The van der Waals surface area contributed by atoms with Gasteiger partial charge in [0, 0.05) is 37.6 Å². The molecule has 0 radical (unpaired) electrons. The lowest BCUT2D eigenvalue weighted by molar-refractivity contribution is 0.129. The second kappa shape index (κ2) is 8.13. The fraction of sp³-hybridized carbons (Fsp3) is 0.381. The molecule has 0 bridgehead atoms. The monoisotopic (exact) mass is 353 g/mol. The van der Waals surface area contributed by atoms with Gasteiger partial charge in [-0.2, -0.15) is 0 Å². The molecule has 5 heteroatoms. The fourth-order valence-corrected chi connectivity index (χ4v) is 3.09. The molecule has 0 unspecified atom stereocenters. The van der Waals surface area contributed by atoms with Crippen LogP contribution in [0, 0.1) is 6.92 Å². The van der Waals surface area contributed by atoms with E-state index in [0.717, 1.165) is 24.1 Å². The molecule has 1 fully saturated rings. The summed E-state index contributed by atoms with van der Waals surface area (Å²) in [5.41, 5.74) is 4.58. The van der Waals surface area contributed by atoms with Crippen molar-refractivity contribution in [2.75, 3.05) is 24.3 Å². The highest BCUT2D eigenvalue weighted by Gasteiger charge is 2.30. The predicted octanol–water partition coefficient (Wildman–Crippen LogP) is 3.93. The number of alkyl carbamates (subject to hydrolysis) is 1. The van der Waals surface area contributed by atoms with Crippen molar-refractivity contribution in [3.8, 4) is 0 Å². The molecule has 2 aromatic rings. The summed E-state index contributed by atoms with van der Waals surface area (Å²) in [5.74, 6) is 0. The molecule has 1 aliphatic rings. The van der Waals surface area contributed by atoms with Gasteiger partial charge in [0.25, 0.3) is 0 Å². The summed E-state index contributed by atoms with van der Waals surface area (Å²) < 4.78 is 5.27. The molecule has 3 rings (SSSR count). The summed E-state index contributed by atoms with van der Waals surface area (Å²) in [7, 11) is 4.09. The van der Waals surface area contributed by atoms with E-state index in [4.69, 9.17) is 4.74 Å². The number of rotatable bonds is 6. The minimum atomic E-state index is -0.344. The third-order valence-corrected chi connectivity index (χ3v) is 4.76. The first kappa shape index (κ1) is 18.1. The Hall–Kier alpha value is -2.69. The highest BCUT2D eigenvalue weighted by atomic mass is 16.5. The molecule has 0 heterocycles. The Kier molecular flexibility index (Phi) is 5.66. The Morgan fingerprint density at radius 1 is 1.12 bits per heavy atom. The molecular weight excluding hydrogens is 326 g/mol. The minimum absolute atomic E-state index is 0.178. The Balaban J connectivity index is 1.39. The van der Waals surface area contributed by atoms with E-state index in [-0.39, 0.29) is 12.1 Å². The lowest BCUT2D eigenvalue weighted by Gasteiger charge is -2.37. The van der Waals surface area contributed by atoms with E-state index >= 15 is 0 Å². The molecule has 138 valence electrons. The fourth-order valence-electron chi connectivity index (χ4n) is 3.09. The molecule has 2 N–H and O–H groups in total. The van der Waals surface area contributed by atoms with E-state index in [1.807, 2.05) is 44.4 Å². The van der Waals surface area contributed by atoms with Crippen molar-refractivity contribution in [2.45, 2.75) is 38.5 Å². The molecule has 0 saturated heterocycles. The van der Waals surface area contributed by atoms with Gasteiger partial charge >= 0.3 is 6.09 Å². The number of nitrogens with zero attached hydrogens (tertiary/aromatic N) is 1. The number of ether oxygens (including phenoxy) is 1. The van der Waals surface area contributed by atoms with Gasteiger partial charge < -0.3 is 20.3 Å². The van der Waals surface area contributed by atoms with E-state index in [1.165, 1.54) is 11.3 Å². The Bertz CT molecular complexity index is 740. The number of benzene rings is 2.